The van der Waals surface area contributed by atoms with E-state index < -0.39 is 11.2 Å². The average Bonchev–Trinajstić information content (AvgIpc) is 3.11. The molecule has 136 valence electrons. The summed E-state index contributed by atoms with van der Waals surface area (Å²) in [6, 6.07) is 10.2. The molecule has 9 nitrogen and oxygen atoms in total. The van der Waals surface area contributed by atoms with Crippen LogP contribution in [0.1, 0.15) is 12.0 Å². The number of furan rings is 1. The molecule has 27 heavy (non-hydrogen) atoms. The lowest BCUT2D eigenvalue weighted by Gasteiger charge is -2.16. The first-order chi connectivity index (χ1) is 13.2. The van der Waals surface area contributed by atoms with Gasteiger partial charge in [0.05, 0.1) is 6.07 Å². The zero-order chi connectivity index (χ0) is 18.8. The fourth-order valence-electron chi connectivity index (χ4n) is 2.55. The largest absolute Gasteiger partial charge is 0.444 e. The van der Waals surface area contributed by atoms with Crippen molar-refractivity contribution in [1.29, 1.82) is 0 Å². The Morgan fingerprint density at radius 2 is 2.15 bits per heavy atom. The fourth-order valence-corrected chi connectivity index (χ4v) is 3.06. The molecule has 0 saturated heterocycles. The van der Waals surface area contributed by atoms with E-state index in [-0.39, 0.29) is 17.5 Å². The number of benzene rings is 1. The molecule has 1 aliphatic rings. The Morgan fingerprint density at radius 3 is 2.93 bits per heavy atom. The van der Waals surface area contributed by atoms with Crippen LogP contribution in [0.25, 0.3) is 11.3 Å². The van der Waals surface area contributed by atoms with Gasteiger partial charge in [0.25, 0.3) is 0 Å². The van der Waals surface area contributed by atoms with Crippen LogP contribution in [0.15, 0.2) is 58.6 Å². The first kappa shape index (κ1) is 17.0. The molecule has 0 radical (unpaired) electrons. The number of nitrogens with one attached hydrogen (secondary N) is 1. The summed E-state index contributed by atoms with van der Waals surface area (Å²) in [6.07, 6.45) is 0.928. The average molecular weight is 383 g/mol. The van der Waals surface area contributed by atoms with E-state index in [0.29, 0.717) is 16.6 Å². The van der Waals surface area contributed by atoms with Gasteiger partial charge in [-0.25, -0.2) is 0 Å². The summed E-state index contributed by atoms with van der Waals surface area (Å²) >= 11 is 1.37. The molecule has 0 unspecified atom stereocenters. The van der Waals surface area contributed by atoms with Crippen molar-refractivity contribution in [2.45, 2.75) is 11.4 Å². The van der Waals surface area contributed by atoms with Gasteiger partial charge in [-0.2, -0.15) is 4.98 Å². The van der Waals surface area contributed by atoms with Crippen LogP contribution in [-0.4, -0.2) is 25.9 Å². The van der Waals surface area contributed by atoms with E-state index in [0.717, 1.165) is 11.3 Å². The number of thioether (sulfide) groups is 1. The van der Waals surface area contributed by atoms with Crippen molar-refractivity contribution in [3.8, 4) is 17.1 Å². The number of aromatic nitrogens is 3. The first-order valence-corrected chi connectivity index (χ1v) is 8.89. The molecule has 3 heterocycles. The van der Waals surface area contributed by atoms with E-state index in [1.807, 2.05) is 24.3 Å². The maximum absolute atomic E-state index is 10.9. The molecule has 0 fully saturated rings. The van der Waals surface area contributed by atoms with Crippen LogP contribution < -0.4 is 10.1 Å². The zero-order valence-corrected chi connectivity index (χ0v) is 14.7. The van der Waals surface area contributed by atoms with Gasteiger partial charge in [0.1, 0.15) is 4.92 Å². The van der Waals surface area contributed by atoms with Gasteiger partial charge < -0.3 is 14.5 Å². The second kappa shape index (κ2) is 7.08. The highest BCUT2D eigenvalue weighted by atomic mass is 32.2. The first-order valence-electron chi connectivity index (χ1n) is 7.91. The number of hydrogen-bond donors (Lipinski definition) is 1. The summed E-state index contributed by atoms with van der Waals surface area (Å²) in [4.78, 5) is 14.7. The van der Waals surface area contributed by atoms with Gasteiger partial charge in [0, 0.05) is 17.0 Å². The quantitative estimate of drug-likeness (QED) is 0.304. The highest BCUT2D eigenvalue weighted by molar-refractivity contribution is 7.99. The van der Waals surface area contributed by atoms with E-state index in [1.165, 1.54) is 23.9 Å². The van der Waals surface area contributed by atoms with Gasteiger partial charge in [-0.15, -0.1) is 16.8 Å². The molecule has 1 aromatic carbocycles. The summed E-state index contributed by atoms with van der Waals surface area (Å²) in [5.74, 6) is 0.779. The number of fused-ring (bicyclic) bond motifs is 3. The lowest BCUT2D eigenvalue weighted by Crippen LogP contribution is -2.16. The standard InChI is InChI=1S/C17H13N5O4S/c1-2-9-27-17-19-16-14(20-21-17)10-5-3-4-6-11(10)18-15(26-16)12-7-8-13(25-12)22(23)24/h2-8,15,18H,1,9H2/t15-/m1/s1. The predicted molar refractivity (Wildman–Crippen MR) is 98.5 cm³/mol. The normalized spacial score (nSPS) is 14.9. The van der Waals surface area contributed by atoms with Gasteiger partial charge >= 0.3 is 5.88 Å². The molecule has 1 atom stereocenters. The molecule has 3 aromatic rings. The Kier molecular flexibility index (Phi) is 4.47. The topological polar surface area (TPSA) is 116 Å². The highest BCUT2D eigenvalue weighted by Gasteiger charge is 2.29. The third kappa shape index (κ3) is 3.34. The maximum atomic E-state index is 10.9. The molecule has 1 aliphatic heterocycles. The second-order valence-electron chi connectivity index (χ2n) is 5.47. The SMILES string of the molecule is C=CCSc1nnc2c(n1)O[C@H](c1ccc([N+](=O)[O-])o1)Nc1ccccc1-2. The molecule has 0 amide bonds. The van der Waals surface area contributed by atoms with E-state index in [4.69, 9.17) is 9.15 Å². The van der Waals surface area contributed by atoms with Crippen LogP contribution in [0, 0.1) is 10.1 Å². The Morgan fingerprint density at radius 1 is 1.30 bits per heavy atom. The van der Waals surface area contributed by atoms with Crippen molar-refractivity contribution in [2.75, 3.05) is 11.1 Å². The molecular formula is C17H13N5O4S. The lowest BCUT2D eigenvalue weighted by molar-refractivity contribution is -0.402. The van der Waals surface area contributed by atoms with Crippen molar-refractivity contribution in [3.63, 3.8) is 0 Å². The highest BCUT2D eigenvalue weighted by Crippen LogP contribution is 2.40. The number of para-hydroxylation sites is 1. The van der Waals surface area contributed by atoms with Crippen molar-refractivity contribution >= 4 is 23.3 Å². The van der Waals surface area contributed by atoms with E-state index in [1.54, 1.807) is 6.08 Å². The van der Waals surface area contributed by atoms with Gasteiger partial charge in [-0.1, -0.05) is 36.0 Å². The van der Waals surface area contributed by atoms with Crippen LogP contribution in [0.4, 0.5) is 11.6 Å². The van der Waals surface area contributed by atoms with Gasteiger partial charge in [-0.05, 0) is 12.1 Å². The smallest absolute Gasteiger partial charge is 0.433 e. The van der Waals surface area contributed by atoms with Crippen LogP contribution in [0.3, 0.4) is 0 Å². The van der Waals surface area contributed by atoms with Crippen molar-refractivity contribution in [1.82, 2.24) is 15.2 Å². The number of ether oxygens (including phenoxy) is 1. The number of rotatable bonds is 5. The summed E-state index contributed by atoms with van der Waals surface area (Å²) < 4.78 is 11.3. The van der Waals surface area contributed by atoms with Crippen LogP contribution in [0.2, 0.25) is 0 Å². The molecule has 0 spiro atoms. The van der Waals surface area contributed by atoms with Gasteiger partial charge in [0.2, 0.25) is 17.3 Å². The van der Waals surface area contributed by atoms with Crippen LogP contribution in [0.5, 0.6) is 5.88 Å². The van der Waals surface area contributed by atoms with E-state index in [9.17, 15) is 10.1 Å². The molecule has 0 aliphatic carbocycles. The molecule has 0 bridgehead atoms. The van der Waals surface area contributed by atoms with Crippen LogP contribution in [-0.2, 0) is 0 Å². The lowest BCUT2D eigenvalue weighted by atomic mass is 10.1. The molecule has 10 heteroatoms. The summed E-state index contributed by atoms with van der Waals surface area (Å²) in [5, 5.41) is 22.9. The second-order valence-corrected chi connectivity index (χ2v) is 6.46. The van der Waals surface area contributed by atoms with Gasteiger partial charge in [-0.3, -0.25) is 10.1 Å². The third-order valence-electron chi connectivity index (χ3n) is 3.71. The fraction of sp³-hybridized carbons (Fsp3) is 0.118. The summed E-state index contributed by atoms with van der Waals surface area (Å²) in [7, 11) is 0. The monoisotopic (exact) mass is 383 g/mol. The number of nitrogens with zero attached hydrogens (tertiary/aromatic N) is 4. The minimum absolute atomic E-state index is 0.253. The number of nitro groups is 1. The molecular weight excluding hydrogens is 370 g/mol. The number of hydrogen-bond acceptors (Lipinski definition) is 9. The Balaban J connectivity index is 1.78. The molecule has 4 rings (SSSR count). The van der Waals surface area contributed by atoms with Crippen molar-refractivity contribution in [3.05, 3.63) is 64.9 Å². The van der Waals surface area contributed by atoms with Crippen molar-refractivity contribution in [2.24, 2.45) is 0 Å². The Bertz CT molecular complexity index is 1020. The Hall–Kier alpha value is -3.40. The van der Waals surface area contributed by atoms with E-state index >= 15 is 0 Å². The predicted octanol–water partition coefficient (Wildman–Crippen LogP) is 3.82. The van der Waals surface area contributed by atoms with Gasteiger partial charge in [0.15, 0.2) is 11.5 Å². The Labute approximate surface area is 157 Å². The summed E-state index contributed by atoms with van der Waals surface area (Å²) in [6.45, 7) is 3.67. The number of anilines is 1. The van der Waals surface area contributed by atoms with Crippen molar-refractivity contribution < 1.29 is 14.1 Å². The molecule has 1 N–H and O–H groups in total. The minimum atomic E-state index is -0.810. The van der Waals surface area contributed by atoms with Crippen LogP contribution >= 0.6 is 11.8 Å². The summed E-state index contributed by atoms with van der Waals surface area (Å²) in [5.41, 5.74) is 1.96. The minimum Gasteiger partial charge on any atom is -0.444 e. The maximum Gasteiger partial charge on any atom is 0.433 e. The molecule has 0 saturated carbocycles. The van der Waals surface area contributed by atoms with E-state index in [2.05, 4.69) is 27.1 Å². The third-order valence-corrected chi connectivity index (χ3v) is 4.55. The molecule has 2 aromatic heterocycles. The zero-order valence-electron chi connectivity index (χ0n) is 13.9.